The summed E-state index contributed by atoms with van der Waals surface area (Å²) >= 11 is 0. The largest absolute Gasteiger partial charge is 0.379 e. The van der Waals surface area contributed by atoms with Crippen LogP contribution in [0.5, 0.6) is 0 Å². The fourth-order valence-corrected chi connectivity index (χ4v) is 1.65. The van der Waals surface area contributed by atoms with E-state index in [1.807, 2.05) is 7.05 Å². The molecule has 0 spiro atoms. The first kappa shape index (κ1) is 11.2. The van der Waals surface area contributed by atoms with E-state index in [-0.39, 0.29) is 17.7 Å². The molecule has 78 valence electrons. The van der Waals surface area contributed by atoms with Gasteiger partial charge in [0.2, 0.25) is 0 Å². The summed E-state index contributed by atoms with van der Waals surface area (Å²) in [5.41, 5.74) is 0. The van der Waals surface area contributed by atoms with Crippen molar-refractivity contribution in [2.75, 3.05) is 20.3 Å². The molecule has 1 aliphatic heterocycles. The predicted octanol–water partition coefficient (Wildman–Crippen LogP) is 0.593. The van der Waals surface area contributed by atoms with Gasteiger partial charge in [-0.15, -0.1) is 11.8 Å². The number of Topliss-reactive ketones (excluding diaryl/α,β-unsaturated/α-hetero) is 1. The topological polar surface area (TPSA) is 38.3 Å². The molecule has 2 atom stereocenters. The van der Waals surface area contributed by atoms with Gasteiger partial charge in [-0.05, 0) is 14.0 Å². The van der Waals surface area contributed by atoms with Crippen molar-refractivity contribution in [1.82, 2.24) is 5.32 Å². The predicted molar refractivity (Wildman–Crippen MR) is 54.8 cm³/mol. The smallest absolute Gasteiger partial charge is 0.140 e. The lowest BCUT2D eigenvalue weighted by Gasteiger charge is -2.14. The lowest BCUT2D eigenvalue weighted by Crippen LogP contribution is -2.36. The fraction of sp³-hybridized carbons (Fsp3) is 0.727. The SMILES string of the molecule is CC#CCCC(=O)C1COCC1NC. The van der Waals surface area contributed by atoms with Gasteiger partial charge in [0, 0.05) is 18.9 Å². The molecule has 1 heterocycles. The van der Waals surface area contributed by atoms with Crippen LogP contribution in [0.1, 0.15) is 19.8 Å². The first-order chi connectivity index (χ1) is 6.79. The Kier molecular flexibility index (Phi) is 4.64. The highest BCUT2D eigenvalue weighted by Gasteiger charge is 2.31. The molecule has 1 fully saturated rings. The van der Waals surface area contributed by atoms with E-state index < -0.39 is 0 Å². The van der Waals surface area contributed by atoms with Crippen molar-refractivity contribution in [3.8, 4) is 11.8 Å². The van der Waals surface area contributed by atoms with Gasteiger partial charge in [0.1, 0.15) is 5.78 Å². The van der Waals surface area contributed by atoms with Crippen molar-refractivity contribution in [3.05, 3.63) is 0 Å². The molecule has 0 bridgehead atoms. The summed E-state index contributed by atoms with van der Waals surface area (Å²) in [6.07, 6.45) is 1.22. The molecule has 1 N–H and O–H groups in total. The standard InChI is InChI=1S/C11H17NO2/c1-3-4-5-6-11(13)9-7-14-8-10(9)12-2/h9-10,12H,5-8H2,1-2H3. The maximum atomic E-state index is 11.7. The Balaban J connectivity index is 2.38. The van der Waals surface area contributed by atoms with Crippen molar-refractivity contribution < 1.29 is 9.53 Å². The third-order valence-electron chi connectivity index (χ3n) is 2.54. The third-order valence-corrected chi connectivity index (χ3v) is 2.54. The van der Waals surface area contributed by atoms with Crippen molar-refractivity contribution in [2.45, 2.75) is 25.8 Å². The van der Waals surface area contributed by atoms with E-state index in [0.717, 1.165) is 0 Å². The van der Waals surface area contributed by atoms with Crippen LogP contribution in [0.25, 0.3) is 0 Å². The van der Waals surface area contributed by atoms with E-state index >= 15 is 0 Å². The van der Waals surface area contributed by atoms with Crippen LogP contribution in [0.4, 0.5) is 0 Å². The summed E-state index contributed by atoms with van der Waals surface area (Å²) < 4.78 is 5.27. The zero-order chi connectivity index (χ0) is 10.4. The van der Waals surface area contributed by atoms with E-state index in [1.54, 1.807) is 6.92 Å². The van der Waals surface area contributed by atoms with E-state index in [4.69, 9.17) is 4.74 Å². The summed E-state index contributed by atoms with van der Waals surface area (Å²) in [7, 11) is 1.87. The molecule has 0 saturated carbocycles. The van der Waals surface area contributed by atoms with Crippen LogP contribution in [0.2, 0.25) is 0 Å². The van der Waals surface area contributed by atoms with Gasteiger partial charge in [-0.1, -0.05) is 0 Å². The molecule has 1 saturated heterocycles. The average Bonchev–Trinajstić information content (AvgIpc) is 2.65. The molecule has 3 nitrogen and oxygen atoms in total. The number of likely N-dealkylation sites (N-methyl/N-ethyl adjacent to an activating group) is 1. The monoisotopic (exact) mass is 195 g/mol. The maximum Gasteiger partial charge on any atom is 0.140 e. The first-order valence-corrected chi connectivity index (χ1v) is 4.97. The molecule has 0 amide bonds. The lowest BCUT2D eigenvalue weighted by molar-refractivity contribution is -0.123. The highest BCUT2D eigenvalue weighted by Crippen LogP contribution is 2.16. The number of carbonyl (C=O) groups is 1. The first-order valence-electron chi connectivity index (χ1n) is 4.97. The Morgan fingerprint density at radius 2 is 2.36 bits per heavy atom. The molecule has 14 heavy (non-hydrogen) atoms. The highest BCUT2D eigenvalue weighted by atomic mass is 16.5. The molecule has 0 aromatic heterocycles. The fourth-order valence-electron chi connectivity index (χ4n) is 1.65. The molecule has 0 radical (unpaired) electrons. The second kappa shape index (κ2) is 5.79. The molecule has 0 aromatic rings. The summed E-state index contributed by atoms with van der Waals surface area (Å²) in [6, 6.07) is 0.192. The number of nitrogens with one attached hydrogen (secondary N) is 1. The Hall–Kier alpha value is -0.850. The molecule has 3 heteroatoms. The Bertz CT molecular complexity index is 252. The van der Waals surface area contributed by atoms with Gasteiger partial charge < -0.3 is 10.1 Å². The number of hydrogen-bond acceptors (Lipinski definition) is 3. The van der Waals surface area contributed by atoms with E-state index in [9.17, 15) is 4.79 Å². The minimum Gasteiger partial charge on any atom is -0.379 e. The van der Waals surface area contributed by atoms with Gasteiger partial charge in [0.25, 0.3) is 0 Å². The van der Waals surface area contributed by atoms with E-state index in [0.29, 0.717) is 26.1 Å². The highest BCUT2D eigenvalue weighted by molar-refractivity contribution is 5.82. The van der Waals surface area contributed by atoms with Crippen LogP contribution in [0.15, 0.2) is 0 Å². The number of hydrogen-bond donors (Lipinski definition) is 1. The number of ketones is 1. The van der Waals surface area contributed by atoms with Crippen molar-refractivity contribution >= 4 is 5.78 Å². The lowest BCUT2D eigenvalue weighted by atomic mass is 9.95. The molecule has 1 rings (SSSR count). The zero-order valence-electron chi connectivity index (χ0n) is 8.80. The van der Waals surface area contributed by atoms with Crippen LogP contribution >= 0.6 is 0 Å². The van der Waals surface area contributed by atoms with Gasteiger partial charge in [-0.25, -0.2) is 0 Å². The van der Waals surface area contributed by atoms with Crippen molar-refractivity contribution in [2.24, 2.45) is 5.92 Å². The summed E-state index contributed by atoms with van der Waals surface area (Å²) in [5.74, 6) is 5.99. The van der Waals surface area contributed by atoms with Gasteiger partial charge in [-0.2, -0.15) is 0 Å². The minimum atomic E-state index is 0.0265. The number of carbonyl (C=O) groups excluding carboxylic acids is 1. The maximum absolute atomic E-state index is 11.7. The van der Waals surface area contributed by atoms with Crippen LogP contribution in [-0.2, 0) is 9.53 Å². The molecule has 0 aliphatic carbocycles. The second-order valence-electron chi connectivity index (χ2n) is 3.43. The minimum absolute atomic E-state index is 0.0265. The Morgan fingerprint density at radius 1 is 1.57 bits per heavy atom. The number of rotatable bonds is 4. The Morgan fingerprint density at radius 3 is 3.00 bits per heavy atom. The molecule has 0 aromatic carbocycles. The quantitative estimate of drug-likeness (QED) is 0.667. The molecular weight excluding hydrogens is 178 g/mol. The third kappa shape index (κ3) is 2.83. The molecular formula is C11H17NO2. The Labute approximate surface area is 85.2 Å². The van der Waals surface area contributed by atoms with Gasteiger partial charge >= 0.3 is 0 Å². The summed E-state index contributed by atoms with van der Waals surface area (Å²) in [4.78, 5) is 11.7. The number of ether oxygens (including phenoxy) is 1. The van der Waals surface area contributed by atoms with Gasteiger partial charge in [-0.3, -0.25) is 4.79 Å². The van der Waals surface area contributed by atoms with Crippen molar-refractivity contribution in [3.63, 3.8) is 0 Å². The molecule has 2 unspecified atom stereocenters. The van der Waals surface area contributed by atoms with Gasteiger partial charge in [0.05, 0.1) is 19.1 Å². The van der Waals surface area contributed by atoms with Crippen molar-refractivity contribution in [1.29, 1.82) is 0 Å². The normalized spacial score (nSPS) is 25.6. The van der Waals surface area contributed by atoms with Crippen LogP contribution in [-0.4, -0.2) is 32.1 Å². The summed E-state index contributed by atoms with van der Waals surface area (Å²) in [5, 5.41) is 3.10. The average molecular weight is 195 g/mol. The summed E-state index contributed by atoms with van der Waals surface area (Å²) in [6.45, 7) is 3.00. The van der Waals surface area contributed by atoms with Crippen LogP contribution < -0.4 is 5.32 Å². The van der Waals surface area contributed by atoms with E-state index in [1.165, 1.54) is 0 Å². The second-order valence-corrected chi connectivity index (χ2v) is 3.43. The van der Waals surface area contributed by atoms with Crippen LogP contribution in [0.3, 0.4) is 0 Å². The van der Waals surface area contributed by atoms with E-state index in [2.05, 4.69) is 17.2 Å². The zero-order valence-corrected chi connectivity index (χ0v) is 8.80. The van der Waals surface area contributed by atoms with Gasteiger partial charge in [0.15, 0.2) is 0 Å². The van der Waals surface area contributed by atoms with Crippen LogP contribution in [0, 0.1) is 17.8 Å². The molecule has 1 aliphatic rings.